The van der Waals surface area contributed by atoms with Crippen molar-refractivity contribution in [3.63, 3.8) is 0 Å². The van der Waals surface area contributed by atoms with Gasteiger partial charge in [-0.15, -0.1) is 0 Å². The first-order chi connectivity index (χ1) is 3.41. The monoisotopic (exact) mass is 116 g/mol. The molecular formula is C4H8O2Si. The molecule has 7 heavy (non-hydrogen) atoms. The topological polar surface area (TPSA) is 26.3 Å². The van der Waals surface area contributed by atoms with Crippen molar-refractivity contribution in [1.82, 2.24) is 0 Å². The van der Waals surface area contributed by atoms with E-state index in [9.17, 15) is 4.79 Å². The van der Waals surface area contributed by atoms with Crippen LogP contribution in [0.3, 0.4) is 0 Å². The average Bonchev–Trinajstić information content (AvgIpc) is 1.69. The van der Waals surface area contributed by atoms with E-state index in [1.165, 1.54) is 0 Å². The fourth-order valence-electron chi connectivity index (χ4n) is 0.209. The second kappa shape index (κ2) is 5.69. The molecule has 40 valence electrons. The molecule has 3 heteroatoms. The second-order valence-electron chi connectivity index (χ2n) is 1.07. The maximum absolute atomic E-state index is 9.46. The van der Waals surface area contributed by atoms with E-state index in [1.807, 2.05) is 0 Å². The summed E-state index contributed by atoms with van der Waals surface area (Å²) >= 11 is 0. The van der Waals surface area contributed by atoms with Gasteiger partial charge in [0.2, 0.25) is 0 Å². The van der Waals surface area contributed by atoms with Gasteiger partial charge in [0.25, 0.3) is 6.47 Å². The standard InChI is InChI=1S/C4H8O2Si/c1-7-3-2-6-4-5/h4H,2-3H2,1H3. The van der Waals surface area contributed by atoms with Gasteiger partial charge in [-0.05, 0) is 6.04 Å². The molecule has 0 saturated heterocycles. The summed E-state index contributed by atoms with van der Waals surface area (Å²) in [5.74, 6) is 0. The zero-order chi connectivity index (χ0) is 5.54. The third-order valence-corrected chi connectivity index (χ3v) is 1.24. The van der Waals surface area contributed by atoms with Crippen molar-refractivity contribution >= 4 is 16.0 Å². The highest BCUT2D eigenvalue weighted by atomic mass is 28.2. The van der Waals surface area contributed by atoms with Crippen LogP contribution in [0.4, 0.5) is 0 Å². The molecule has 0 saturated carbocycles. The Balaban J connectivity index is 2.56. The SMILES string of the molecule is C[Si]CCOC=O. The largest absolute Gasteiger partial charge is 0.468 e. The molecule has 0 rings (SSSR count). The highest BCUT2D eigenvalue weighted by Crippen LogP contribution is 1.76. The van der Waals surface area contributed by atoms with E-state index >= 15 is 0 Å². The minimum atomic E-state index is 0.486. The van der Waals surface area contributed by atoms with Crippen LogP contribution in [-0.4, -0.2) is 22.6 Å². The lowest BCUT2D eigenvalue weighted by molar-refractivity contribution is -0.128. The van der Waals surface area contributed by atoms with E-state index in [0.29, 0.717) is 13.1 Å². The highest BCUT2D eigenvalue weighted by Gasteiger charge is 1.79. The van der Waals surface area contributed by atoms with E-state index in [-0.39, 0.29) is 0 Å². The molecule has 0 bridgehead atoms. The molecule has 0 aliphatic heterocycles. The molecule has 0 aromatic rings. The molecule has 0 aromatic heterocycles. The Kier molecular flexibility index (Phi) is 5.43. The van der Waals surface area contributed by atoms with Crippen LogP contribution in [0, 0.1) is 0 Å². The summed E-state index contributed by atoms with van der Waals surface area (Å²) in [5, 5.41) is 0. The van der Waals surface area contributed by atoms with Gasteiger partial charge in [0, 0.05) is 9.52 Å². The van der Waals surface area contributed by atoms with E-state index in [1.54, 1.807) is 0 Å². The molecule has 0 amide bonds. The van der Waals surface area contributed by atoms with E-state index in [0.717, 1.165) is 15.6 Å². The van der Waals surface area contributed by atoms with Crippen LogP contribution in [0.2, 0.25) is 12.6 Å². The molecule has 0 spiro atoms. The first-order valence-electron chi connectivity index (χ1n) is 2.11. The van der Waals surface area contributed by atoms with Crippen LogP contribution in [0.5, 0.6) is 0 Å². The lowest BCUT2D eigenvalue weighted by Crippen LogP contribution is -1.92. The summed E-state index contributed by atoms with van der Waals surface area (Å²) in [6.45, 7) is 3.15. The molecule has 2 radical (unpaired) electrons. The number of carbonyl (C=O) groups excluding carboxylic acids is 1. The maximum Gasteiger partial charge on any atom is 0.293 e. The summed E-state index contributed by atoms with van der Waals surface area (Å²) in [6.07, 6.45) is 0. The average molecular weight is 116 g/mol. The van der Waals surface area contributed by atoms with Gasteiger partial charge in [0.15, 0.2) is 0 Å². The molecule has 0 N–H and O–H groups in total. The number of ether oxygens (including phenoxy) is 1. The number of hydrogen-bond donors (Lipinski definition) is 0. The Hall–Kier alpha value is -0.313. The van der Waals surface area contributed by atoms with Crippen molar-refractivity contribution in [3.05, 3.63) is 0 Å². The quantitative estimate of drug-likeness (QED) is 0.300. The minimum Gasteiger partial charge on any atom is -0.468 e. The normalized spacial score (nSPS) is 8.14. The van der Waals surface area contributed by atoms with Gasteiger partial charge in [-0.3, -0.25) is 4.79 Å². The lowest BCUT2D eigenvalue weighted by atomic mass is 10.9. The minimum absolute atomic E-state index is 0.486. The summed E-state index contributed by atoms with van der Waals surface area (Å²) in [6, 6.07) is 0.999. The van der Waals surface area contributed by atoms with E-state index in [4.69, 9.17) is 0 Å². The molecule has 0 fully saturated rings. The van der Waals surface area contributed by atoms with Crippen molar-refractivity contribution < 1.29 is 9.53 Å². The van der Waals surface area contributed by atoms with Crippen LogP contribution in [0.25, 0.3) is 0 Å². The van der Waals surface area contributed by atoms with Gasteiger partial charge in [-0.25, -0.2) is 0 Å². The summed E-state index contributed by atoms with van der Waals surface area (Å²) in [4.78, 5) is 9.46. The van der Waals surface area contributed by atoms with Crippen molar-refractivity contribution in [3.8, 4) is 0 Å². The van der Waals surface area contributed by atoms with Gasteiger partial charge in [-0.1, -0.05) is 6.55 Å². The fraction of sp³-hybridized carbons (Fsp3) is 0.750. The Labute approximate surface area is 45.7 Å². The maximum atomic E-state index is 9.46. The summed E-state index contributed by atoms with van der Waals surface area (Å²) < 4.78 is 4.40. The van der Waals surface area contributed by atoms with E-state index < -0.39 is 0 Å². The molecule has 0 aliphatic carbocycles. The van der Waals surface area contributed by atoms with Crippen LogP contribution >= 0.6 is 0 Å². The summed E-state index contributed by atoms with van der Waals surface area (Å²) in [7, 11) is 0.884. The predicted octanol–water partition coefficient (Wildman–Crippen LogP) is 0.330. The molecule has 0 aliphatic rings. The Morgan fingerprint density at radius 1 is 1.86 bits per heavy atom. The first kappa shape index (κ1) is 6.69. The molecule has 0 atom stereocenters. The second-order valence-corrected chi connectivity index (χ2v) is 2.28. The smallest absolute Gasteiger partial charge is 0.293 e. The molecule has 0 aromatic carbocycles. The Morgan fingerprint density at radius 2 is 2.57 bits per heavy atom. The van der Waals surface area contributed by atoms with Crippen molar-refractivity contribution in [2.24, 2.45) is 0 Å². The molecule has 0 heterocycles. The van der Waals surface area contributed by atoms with Crippen LogP contribution in [0.15, 0.2) is 0 Å². The Bertz CT molecular complexity index is 47.0. The van der Waals surface area contributed by atoms with Gasteiger partial charge < -0.3 is 4.74 Å². The fourth-order valence-corrected chi connectivity index (χ4v) is 0.531. The highest BCUT2D eigenvalue weighted by molar-refractivity contribution is 6.33. The van der Waals surface area contributed by atoms with E-state index in [2.05, 4.69) is 11.3 Å². The summed E-state index contributed by atoms with van der Waals surface area (Å²) in [5.41, 5.74) is 0. The van der Waals surface area contributed by atoms with Crippen LogP contribution < -0.4 is 0 Å². The number of rotatable bonds is 4. The van der Waals surface area contributed by atoms with Crippen LogP contribution in [-0.2, 0) is 9.53 Å². The zero-order valence-electron chi connectivity index (χ0n) is 4.31. The zero-order valence-corrected chi connectivity index (χ0v) is 5.31. The number of hydrogen-bond acceptors (Lipinski definition) is 2. The molecule has 2 nitrogen and oxygen atoms in total. The van der Waals surface area contributed by atoms with Crippen LogP contribution in [0.1, 0.15) is 0 Å². The van der Waals surface area contributed by atoms with Crippen molar-refractivity contribution in [2.75, 3.05) is 6.61 Å². The molecule has 0 unspecified atom stereocenters. The van der Waals surface area contributed by atoms with Crippen molar-refractivity contribution in [1.29, 1.82) is 0 Å². The van der Waals surface area contributed by atoms with Gasteiger partial charge >= 0.3 is 0 Å². The Morgan fingerprint density at radius 3 is 3.00 bits per heavy atom. The van der Waals surface area contributed by atoms with Gasteiger partial charge in [0.1, 0.15) is 0 Å². The number of carbonyl (C=O) groups is 1. The van der Waals surface area contributed by atoms with Gasteiger partial charge in [0.05, 0.1) is 6.61 Å². The van der Waals surface area contributed by atoms with Gasteiger partial charge in [-0.2, -0.15) is 0 Å². The lowest BCUT2D eigenvalue weighted by Gasteiger charge is -1.90. The third kappa shape index (κ3) is 5.69. The molecular weight excluding hydrogens is 108 g/mol. The third-order valence-electron chi connectivity index (χ3n) is 0.538. The first-order valence-corrected chi connectivity index (χ1v) is 3.82. The predicted molar refractivity (Wildman–Crippen MR) is 28.4 cm³/mol. The van der Waals surface area contributed by atoms with Crippen molar-refractivity contribution in [2.45, 2.75) is 12.6 Å².